The van der Waals surface area contributed by atoms with Crippen LogP contribution in [0.3, 0.4) is 0 Å². The number of hydrogen-bond acceptors (Lipinski definition) is 8. The molecule has 0 aliphatic carbocycles. The average Bonchev–Trinajstić information content (AvgIpc) is 2.94. The van der Waals surface area contributed by atoms with Gasteiger partial charge >= 0.3 is 11.9 Å². The van der Waals surface area contributed by atoms with Crippen LogP contribution in [-0.4, -0.2) is 56.4 Å². The van der Waals surface area contributed by atoms with Crippen LogP contribution in [0, 0.1) is 7.14 Å². The van der Waals surface area contributed by atoms with E-state index in [9.17, 15) is 9.59 Å². The highest BCUT2D eigenvalue weighted by molar-refractivity contribution is 14.1. The van der Waals surface area contributed by atoms with E-state index in [1.54, 1.807) is 36.4 Å². The van der Waals surface area contributed by atoms with E-state index in [0.717, 1.165) is 12.7 Å². The van der Waals surface area contributed by atoms with Crippen molar-refractivity contribution in [3.63, 3.8) is 0 Å². The fourth-order valence-corrected chi connectivity index (χ4v) is 5.05. The van der Waals surface area contributed by atoms with E-state index >= 15 is 0 Å². The third kappa shape index (κ3) is 6.20. The molecule has 3 aromatic carbocycles. The molecular formula is C28H24I2O8. The number of esters is 2. The fraction of sp³-hybridized carbons (Fsp3) is 0.286. The molecule has 2 aliphatic rings. The third-order valence-electron chi connectivity index (χ3n) is 6.23. The maximum absolute atomic E-state index is 13.2. The Hall–Kier alpha value is -2.10. The predicted octanol–water partition coefficient (Wildman–Crippen LogP) is 5.13. The van der Waals surface area contributed by atoms with E-state index in [1.807, 2.05) is 42.5 Å². The minimum atomic E-state index is -1.10. The molecule has 198 valence electrons. The summed E-state index contributed by atoms with van der Waals surface area (Å²) in [6, 6.07) is 23.4. The summed E-state index contributed by atoms with van der Waals surface area (Å²) in [5.41, 5.74) is 1.51. The Kier molecular flexibility index (Phi) is 8.95. The number of hydrogen-bond donors (Lipinski definition) is 0. The van der Waals surface area contributed by atoms with E-state index in [-0.39, 0.29) is 6.61 Å². The van der Waals surface area contributed by atoms with Crippen molar-refractivity contribution in [2.75, 3.05) is 13.7 Å². The maximum atomic E-state index is 13.2. The van der Waals surface area contributed by atoms with E-state index in [4.69, 9.17) is 28.4 Å². The molecule has 38 heavy (non-hydrogen) atoms. The zero-order valence-corrected chi connectivity index (χ0v) is 24.5. The smallest absolute Gasteiger partial charge is 0.338 e. The van der Waals surface area contributed by atoms with Gasteiger partial charge in [-0.25, -0.2) is 9.59 Å². The molecule has 10 heteroatoms. The number of carbonyl (C=O) groups is 2. The van der Waals surface area contributed by atoms with Gasteiger partial charge in [0.2, 0.25) is 0 Å². The topological polar surface area (TPSA) is 89.5 Å². The van der Waals surface area contributed by atoms with Gasteiger partial charge in [-0.2, -0.15) is 0 Å². The third-order valence-corrected chi connectivity index (χ3v) is 7.67. The van der Waals surface area contributed by atoms with Gasteiger partial charge in [-0.1, -0.05) is 30.3 Å². The number of halogens is 2. The molecule has 3 aromatic rings. The van der Waals surface area contributed by atoms with Gasteiger partial charge in [0.1, 0.15) is 12.2 Å². The van der Waals surface area contributed by atoms with Crippen LogP contribution in [-0.2, 0) is 28.4 Å². The molecule has 2 fully saturated rings. The lowest BCUT2D eigenvalue weighted by molar-refractivity contribution is -0.356. The second-order valence-corrected chi connectivity index (χ2v) is 11.2. The van der Waals surface area contributed by atoms with Crippen molar-refractivity contribution < 1.29 is 38.0 Å². The Morgan fingerprint density at radius 3 is 1.87 bits per heavy atom. The lowest BCUT2D eigenvalue weighted by Crippen LogP contribution is -2.64. The quantitative estimate of drug-likeness (QED) is 0.254. The summed E-state index contributed by atoms with van der Waals surface area (Å²) in [5.74, 6) is -1.18. The molecule has 2 heterocycles. The maximum Gasteiger partial charge on any atom is 0.338 e. The molecule has 2 saturated heterocycles. The van der Waals surface area contributed by atoms with Crippen LogP contribution < -0.4 is 0 Å². The summed E-state index contributed by atoms with van der Waals surface area (Å²) >= 11 is 4.32. The minimum absolute atomic E-state index is 0.166. The van der Waals surface area contributed by atoms with E-state index in [1.165, 1.54) is 7.11 Å². The molecule has 5 rings (SSSR count). The van der Waals surface area contributed by atoms with E-state index in [0.29, 0.717) is 11.1 Å². The average molecular weight is 742 g/mol. The number of carbonyl (C=O) groups excluding carboxylic acids is 2. The summed E-state index contributed by atoms with van der Waals surface area (Å²) in [6.45, 7) is 0.166. The van der Waals surface area contributed by atoms with Crippen molar-refractivity contribution in [3.8, 4) is 0 Å². The molecule has 0 radical (unpaired) electrons. The van der Waals surface area contributed by atoms with Crippen LogP contribution in [0.4, 0.5) is 0 Å². The Balaban J connectivity index is 1.46. The minimum Gasteiger partial charge on any atom is -0.452 e. The normalized spacial score (nSPS) is 26.7. The molecule has 0 spiro atoms. The molecule has 0 bridgehead atoms. The number of benzene rings is 3. The number of rotatable bonds is 6. The number of fused-ring (bicyclic) bond motifs is 1. The molecule has 0 aromatic heterocycles. The van der Waals surface area contributed by atoms with E-state index in [2.05, 4.69) is 45.2 Å². The largest absolute Gasteiger partial charge is 0.452 e. The summed E-state index contributed by atoms with van der Waals surface area (Å²) < 4.78 is 37.7. The van der Waals surface area contributed by atoms with Gasteiger partial charge in [0.15, 0.2) is 24.8 Å². The van der Waals surface area contributed by atoms with Gasteiger partial charge in [-0.05, 0) is 93.7 Å². The Morgan fingerprint density at radius 1 is 0.763 bits per heavy atom. The Morgan fingerprint density at radius 2 is 1.32 bits per heavy atom. The highest BCUT2D eigenvalue weighted by Gasteiger charge is 2.54. The van der Waals surface area contributed by atoms with Gasteiger partial charge < -0.3 is 28.4 Å². The number of methoxy groups -OCH3 is 1. The zero-order chi connectivity index (χ0) is 26.6. The molecule has 0 N–H and O–H groups in total. The van der Waals surface area contributed by atoms with Gasteiger partial charge in [0.05, 0.1) is 17.7 Å². The zero-order valence-electron chi connectivity index (χ0n) is 20.2. The standard InChI is InChI=1S/C28H24I2O8/c1-33-28-24(37-26(32)17-9-13-20(30)14-10-17)23(36-25(31)16-7-11-19(29)12-8-16)22-21(35-28)15-34-27(38-22)18-5-3-2-4-6-18/h2-14,21-24,27-28H,15H2,1H3/t21-,22-,23+,24-,27?,28+/m1/s1. The first-order valence-corrected chi connectivity index (χ1v) is 14.0. The Labute approximate surface area is 247 Å². The highest BCUT2D eigenvalue weighted by atomic mass is 127. The lowest BCUT2D eigenvalue weighted by atomic mass is 9.97. The summed E-state index contributed by atoms with van der Waals surface area (Å²) in [7, 11) is 1.44. The van der Waals surface area contributed by atoms with Crippen LogP contribution in [0.1, 0.15) is 32.6 Å². The van der Waals surface area contributed by atoms with Crippen molar-refractivity contribution in [2.45, 2.75) is 37.0 Å². The van der Waals surface area contributed by atoms with Crippen molar-refractivity contribution in [2.24, 2.45) is 0 Å². The summed E-state index contributed by atoms with van der Waals surface area (Å²) in [5, 5.41) is 0. The molecule has 8 nitrogen and oxygen atoms in total. The molecule has 6 atom stereocenters. The molecule has 0 saturated carbocycles. The SMILES string of the molecule is CO[C@H]1O[C@@H]2COC(c3ccccc3)O[C@H]2[C@H](OC(=O)c2ccc(I)cc2)[C@H]1OC(=O)c1ccc(I)cc1. The summed E-state index contributed by atoms with van der Waals surface area (Å²) in [6.07, 6.45) is -5.28. The molecule has 2 aliphatic heterocycles. The van der Waals surface area contributed by atoms with Gasteiger partial charge in [0.25, 0.3) is 0 Å². The van der Waals surface area contributed by atoms with Crippen molar-refractivity contribution in [1.82, 2.24) is 0 Å². The Bertz CT molecular complexity index is 1250. The van der Waals surface area contributed by atoms with Gasteiger partial charge in [-0.3, -0.25) is 0 Å². The van der Waals surface area contributed by atoms with Crippen LogP contribution in [0.15, 0.2) is 78.9 Å². The van der Waals surface area contributed by atoms with Crippen LogP contribution in [0.2, 0.25) is 0 Å². The van der Waals surface area contributed by atoms with Crippen molar-refractivity contribution >= 4 is 57.1 Å². The van der Waals surface area contributed by atoms with Gasteiger partial charge in [0, 0.05) is 19.8 Å². The van der Waals surface area contributed by atoms with Crippen LogP contribution >= 0.6 is 45.2 Å². The first kappa shape index (κ1) is 27.5. The molecule has 1 unspecified atom stereocenters. The first-order valence-electron chi connectivity index (χ1n) is 11.9. The van der Waals surface area contributed by atoms with Crippen molar-refractivity contribution in [1.29, 1.82) is 0 Å². The summed E-state index contributed by atoms with van der Waals surface area (Å²) in [4.78, 5) is 26.4. The highest BCUT2D eigenvalue weighted by Crippen LogP contribution is 2.37. The number of ether oxygens (including phenoxy) is 6. The predicted molar refractivity (Wildman–Crippen MR) is 152 cm³/mol. The van der Waals surface area contributed by atoms with Crippen LogP contribution in [0.25, 0.3) is 0 Å². The van der Waals surface area contributed by atoms with E-state index < -0.39 is 48.9 Å². The second kappa shape index (κ2) is 12.4. The van der Waals surface area contributed by atoms with Gasteiger partial charge in [-0.15, -0.1) is 0 Å². The van der Waals surface area contributed by atoms with Crippen molar-refractivity contribution in [3.05, 3.63) is 103 Å². The fourth-order valence-electron chi connectivity index (χ4n) is 4.33. The molecule has 0 amide bonds. The lowest BCUT2D eigenvalue weighted by Gasteiger charge is -2.47. The first-order chi connectivity index (χ1) is 18.4. The van der Waals surface area contributed by atoms with Crippen LogP contribution in [0.5, 0.6) is 0 Å². The second-order valence-electron chi connectivity index (χ2n) is 8.71. The monoisotopic (exact) mass is 742 g/mol. The molecular weight excluding hydrogens is 718 g/mol.